The summed E-state index contributed by atoms with van der Waals surface area (Å²) < 4.78 is 25.7. The van der Waals surface area contributed by atoms with E-state index in [0.717, 1.165) is 16.1 Å². The Kier molecular flexibility index (Phi) is 6.08. The zero-order valence-corrected chi connectivity index (χ0v) is 16.7. The van der Waals surface area contributed by atoms with Gasteiger partial charge in [0.2, 0.25) is 15.9 Å². The maximum atomic E-state index is 12.6. The maximum absolute atomic E-state index is 12.6. The third kappa shape index (κ3) is 4.85. The number of aryl methyl sites for hydroxylation is 1. The van der Waals surface area contributed by atoms with Crippen LogP contribution in [0.15, 0.2) is 48.5 Å². The van der Waals surface area contributed by atoms with Gasteiger partial charge in [0.1, 0.15) is 6.04 Å². The van der Waals surface area contributed by atoms with Crippen molar-refractivity contribution in [1.29, 1.82) is 0 Å². The number of benzene rings is 2. The molecule has 2 rings (SSSR count). The van der Waals surface area contributed by atoms with E-state index < -0.39 is 16.1 Å². The van der Waals surface area contributed by atoms with Gasteiger partial charge in [0.25, 0.3) is 0 Å². The average molecular weight is 375 g/mol. The van der Waals surface area contributed by atoms with Crippen LogP contribution in [0.3, 0.4) is 0 Å². The first-order valence-corrected chi connectivity index (χ1v) is 10.4. The molecule has 0 fully saturated rings. The minimum Gasteiger partial charge on any atom is -0.324 e. The van der Waals surface area contributed by atoms with E-state index in [4.69, 9.17) is 0 Å². The normalized spacial score (nSPS) is 12.7. The van der Waals surface area contributed by atoms with E-state index in [9.17, 15) is 13.2 Å². The molecule has 0 aliphatic heterocycles. The van der Waals surface area contributed by atoms with Crippen LogP contribution in [0.4, 0.5) is 11.4 Å². The molecule has 2 aromatic rings. The SMILES string of the molecule is Cc1ccc(N(C(C)C(=O)Nc2ccc(C(C)C)cc2)S(C)(=O)=O)cc1. The molecular weight excluding hydrogens is 348 g/mol. The third-order valence-corrected chi connectivity index (χ3v) is 5.46. The van der Waals surface area contributed by atoms with Gasteiger partial charge in [-0.3, -0.25) is 9.10 Å². The van der Waals surface area contributed by atoms with Crippen molar-refractivity contribution in [3.05, 3.63) is 59.7 Å². The average Bonchev–Trinajstić information content (AvgIpc) is 2.56. The van der Waals surface area contributed by atoms with Crippen molar-refractivity contribution in [2.45, 2.75) is 39.7 Å². The number of carbonyl (C=O) groups is 1. The van der Waals surface area contributed by atoms with Crippen LogP contribution in [0.5, 0.6) is 0 Å². The molecule has 0 bridgehead atoms. The highest BCUT2D eigenvalue weighted by Gasteiger charge is 2.29. The smallest absolute Gasteiger partial charge is 0.247 e. The molecule has 0 aliphatic carbocycles. The summed E-state index contributed by atoms with van der Waals surface area (Å²) in [7, 11) is -3.61. The van der Waals surface area contributed by atoms with E-state index in [2.05, 4.69) is 19.2 Å². The van der Waals surface area contributed by atoms with Gasteiger partial charge in [-0.1, -0.05) is 43.7 Å². The highest BCUT2D eigenvalue weighted by atomic mass is 32.2. The Morgan fingerprint density at radius 2 is 1.50 bits per heavy atom. The molecule has 0 saturated carbocycles. The summed E-state index contributed by atoms with van der Waals surface area (Å²) in [6.45, 7) is 7.70. The molecule has 1 atom stereocenters. The first-order chi connectivity index (χ1) is 12.1. The quantitative estimate of drug-likeness (QED) is 0.833. The van der Waals surface area contributed by atoms with Crippen molar-refractivity contribution in [2.75, 3.05) is 15.9 Å². The molecule has 1 unspecified atom stereocenters. The van der Waals surface area contributed by atoms with Crippen LogP contribution in [0, 0.1) is 6.92 Å². The summed E-state index contributed by atoms with van der Waals surface area (Å²) in [6.07, 6.45) is 1.11. The van der Waals surface area contributed by atoms with Crippen LogP contribution in [-0.4, -0.2) is 26.6 Å². The predicted molar refractivity (Wildman–Crippen MR) is 107 cm³/mol. The van der Waals surface area contributed by atoms with Crippen LogP contribution < -0.4 is 9.62 Å². The van der Waals surface area contributed by atoms with E-state index in [-0.39, 0.29) is 5.91 Å². The molecule has 26 heavy (non-hydrogen) atoms. The molecule has 5 nitrogen and oxygen atoms in total. The van der Waals surface area contributed by atoms with Gasteiger partial charge in [0.15, 0.2) is 0 Å². The maximum Gasteiger partial charge on any atom is 0.247 e. The number of nitrogens with one attached hydrogen (secondary N) is 1. The van der Waals surface area contributed by atoms with Crippen LogP contribution in [0.25, 0.3) is 0 Å². The molecule has 1 N–H and O–H groups in total. The minimum atomic E-state index is -3.61. The Balaban J connectivity index is 2.23. The van der Waals surface area contributed by atoms with E-state index in [1.807, 2.05) is 43.3 Å². The van der Waals surface area contributed by atoms with Crippen molar-refractivity contribution in [1.82, 2.24) is 0 Å². The molecule has 0 heterocycles. The molecule has 0 saturated heterocycles. The van der Waals surface area contributed by atoms with Crippen LogP contribution in [-0.2, 0) is 14.8 Å². The van der Waals surface area contributed by atoms with Gasteiger partial charge in [0, 0.05) is 5.69 Å². The Morgan fingerprint density at radius 1 is 0.962 bits per heavy atom. The van der Waals surface area contributed by atoms with Gasteiger partial charge in [-0.05, 0) is 49.6 Å². The summed E-state index contributed by atoms with van der Waals surface area (Å²) in [5.74, 6) is 0.0224. The first kappa shape index (κ1) is 20.0. The van der Waals surface area contributed by atoms with Crippen molar-refractivity contribution in [3.8, 4) is 0 Å². The fraction of sp³-hybridized carbons (Fsp3) is 0.350. The highest BCUT2D eigenvalue weighted by molar-refractivity contribution is 7.92. The molecule has 0 aromatic heterocycles. The summed E-state index contributed by atoms with van der Waals surface area (Å²) in [4.78, 5) is 12.6. The summed E-state index contributed by atoms with van der Waals surface area (Å²) in [5, 5.41) is 2.80. The molecule has 0 radical (unpaired) electrons. The molecule has 6 heteroatoms. The number of anilines is 2. The Bertz CT molecular complexity index is 857. The lowest BCUT2D eigenvalue weighted by Crippen LogP contribution is -2.45. The van der Waals surface area contributed by atoms with Gasteiger partial charge in [0.05, 0.1) is 11.9 Å². The summed E-state index contributed by atoms with van der Waals surface area (Å²) in [6, 6.07) is 13.8. The number of carbonyl (C=O) groups excluding carboxylic acids is 1. The third-order valence-electron chi connectivity index (χ3n) is 4.22. The zero-order chi connectivity index (χ0) is 19.5. The number of hydrogen-bond donors (Lipinski definition) is 1. The second kappa shape index (κ2) is 7.91. The van der Waals surface area contributed by atoms with Gasteiger partial charge in [-0.25, -0.2) is 8.42 Å². The van der Waals surface area contributed by atoms with Gasteiger partial charge in [-0.2, -0.15) is 0 Å². The second-order valence-electron chi connectivity index (χ2n) is 6.84. The fourth-order valence-corrected chi connectivity index (χ4v) is 3.87. The van der Waals surface area contributed by atoms with E-state index >= 15 is 0 Å². The summed E-state index contributed by atoms with van der Waals surface area (Å²) >= 11 is 0. The van der Waals surface area contributed by atoms with E-state index in [1.54, 1.807) is 19.1 Å². The van der Waals surface area contributed by atoms with Gasteiger partial charge >= 0.3 is 0 Å². The monoisotopic (exact) mass is 374 g/mol. The number of sulfonamides is 1. The standard InChI is InChI=1S/C20H26N2O3S/c1-14(2)17-8-10-18(11-9-17)21-20(23)16(4)22(26(5,24)25)19-12-6-15(3)7-13-19/h6-14,16H,1-5H3,(H,21,23). The number of nitrogens with zero attached hydrogens (tertiary/aromatic N) is 1. The molecule has 140 valence electrons. The van der Waals surface area contributed by atoms with Crippen LogP contribution in [0.1, 0.15) is 37.8 Å². The molecule has 0 aliphatic rings. The largest absolute Gasteiger partial charge is 0.324 e. The van der Waals surface area contributed by atoms with Crippen LogP contribution >= 0.6 is 0 Å². The fourth-order valence-electron chi connectivity index (χ4n) is 2.70. The lowest BCUT2D eigenvalue weighted by molar-refractivity contribution is -0.116. The van der Waals surface area contributed by atoms with Gasteiger partial charge < -0.3 is 5.32 Å². The molecule has 2 aromatic carbocycles. The predicted octanol–water partition coefficient (Wildman–Crippen LogP) is 3.91. The molecular formula is C20H26N2O3S. The minimum absolute atomic E-state index is 0.381. The molecule has 1 amide bonds. The molecule has 0 spiro atoms. The lowest BCUT2D eigenvalue weighted by Gasteiger charge is -2.28. The van der Waals surface area contributed by atoms with Crippen molar-refractivity contribution in [2.24, 2.45) is 0 Å². The summed E-state index contributed by atoms with van der Waals surface area (Å²) in [5.41, 5.74) is 3.30. The van der Waals surface area contributed by atoms with Gasteiger partial charge in [-0.15, -0.1) is 0 Å². The lowest BCUT2D eigenvalue weighted by atomic mass is 10.0. The number of hydrogen-bond acceptors (Lipinski definition) is 3. The second-order valence-corrected chi connectivity index (χ2v) is 8.70. The zero-order valence-electron chi connectivity index (χ0n) is 15.9. The number of rotatable bonds is 6. The topological polar surface area (TPSA) is 66.5 Å². The van der Waals surface area contributed by atoms with Crippen molar-refractivity contribution >= 4 is 27.3 Å². The number of amides is 1. The Labute approximate surface area is 156 Å². The first-order valence-electron chi connectivity index (χ1n) is 8.56. The highest BCUT2D eigenvalue weighted by Crippen LogP contribution is 2.23. The van der Waals surface area contributed by atoms with E-state index in [1.165, 1.54) is 5.56 Å². The van der Waals surface area contributed by atoms with E-state index in [0.29, 0.717) is 17.3 Å². The Hall–Kier alpha value is -2.34. The van der Waals surface area contributed by atoms with Crippen molar-refractivity contribution in [3.63, 3.8) is 0 Å². The Morgan fingerprint density at radius 3 is 1.96 bits per heavy atom. The van der Waals surface area contributed by atoms with Crippen LogP contribution in [0.2, 0.25) is 0 Å². The van der Waals surface area contributed by atoms with Crippen molar-refractivity contribution < 1.29 is 13.2 Å².